The van der Waals surface area contributed by atoms with Crippen LogP contribution in [0, 0.1) is 0 Å². The van der Waals surface area contributed by atoms with Crippen LogP contribution in [0.2, 0.25) is 0 Å². The molecule has 2 aliphatic rings. The van der Waals surface area contributed by atoms with Crippen LogP contribution in [0.15, 0.2) is 24.3 Å². The molecule has 0 bridgehead atoms. The Kier molecular flexibility index (Phi) is 2.96. The van der Waals surface area contributed by atoms with Gasteiger partial charge in [0.25, 0.3) is 0 Å². The van der Waals surface area contributed by atoms with E-state index in [1.807, 2.05) is 0 Å². The van der Waals surface area contributed by atoms with Crippen LogP contribution in [-0.2, 0) is 6.42 Å². The Morgan fingerprint density at radius 1 is 1.00 bits per heavy atom. The maximum atomic E-state index is 3.73. The highest BCUT2D eigenvalue weighted by Gasteiger charge is 2.28. The van der Waals surface area contributed by atoms with Crippen LogP contribution in [0.4, 0.5) is 0 Å². The van der Waals surface area contributed by atoms with Crippen molar-refractivity contribution in [1.29, 1.82) is 0 Å². The summed E-state index contributed by atoms with van der Waals surface area (Å²) >= 11 is 0. The van der Waals surface area contributed by atoms with Gasteiger partial charge in [-0.25, -0.2) is 0 Å². The lowest BCUT2D eigenvalue weighted by Gasteiger charge is -2.35. The third-order valence-electron chi connectivity index (χ3n) is 4.25. The smallest absolute Gasteiger partial charge is 0.0136 e. The number of piperidine rings is 1. The molecule has 16 heavy (non-hydrogen) atoms. The van der Waals surface area contributed by atoms with E-state index in [0.717, 1.165) is 12.0 Å². The van der Waals surface area contributed by atoms with E-state index in [1.54, 1.807) is 11.1 Å². The topological polar surface area (TPSA) is 12.0 Å². The molecular weight excluding hydrogens is 194 g/mol. The van der Waals surface area contributed by atoms with Crippen molar-refractivity contribution in [2.45, 2.75) is 50.5 Å². The van der Waals surface area contributed by atoms with Crippen molar-refractivity contribution in [2.24, 2.45) is 0 Å². The number of fused-ring (bicyclic) bond motifs is 1. The van der Waals surface area contributed by atoms with E-state index >= 15 is 0 Å². The zero-order valence-electron chi connectivity index (χ0n) is 9.91. The summed E-state index contributed by atoms with van der Waals surface area (Å²) in [5.41, 5.74) is 3.24. The summed E-state index contributed by atoms with van der Waals surface area (Å²) in [6.45, 7) is 1.23. The van der Waals surface area contributed by atoms with Crippen molar-refractivity contribution in [3.63, 3.8) is 0 Å². The SMILES string of the molecule is c1ccc2c(c1)CCC[C@H]2[C@@H]1CCCCN1. The molecule has 0 radical (unpaired) electrons. The van der Waals surface area contributed by atoms with Gasteiger partial charge in [-0.3, -0.25) is 0 Å². The fourth-order valence-electron chi connectivity index (χ4n) is 3.43. The molecule has 0 saturated carbocycles. The molecule has 1 N–H and O–H groups in total. The van der Waals surface area contributed by atoms with Crippen LogP contribution >= 0.6 is 0 Å². The van der Waals surface area contributed by atoms with Gasteiger partial charge in [0.15, 0.2) is 0 Å². The Bertz CT molecular complexity index is 352. The van der Waals surface area contributed by atoms with Crippen LogP contribution in [0.3, 0.4) is 0 Å². The highest BCUT2D eigenvalue weighted by Crippen LogP contribution is 2.36. The maximum absolute atomic E-state index is 3.73. The number of benzene rings is 1. The first-order valence-electron chi connectivity index (χ1n) is 6.76. The highest BCUT2D eigenvalue weighted by molar-refractivity contribution is 5.33. The summed E-state index contributed by atoms with van der Waals surface area (Å²) < 4.78 is 0. The Hall–Kier alpha value is -0.820. The molecule has 1 aliphatic carbocycles. The van der Waals surface area contributed by atoms with E-state index in [0.29, 0.717) is 0 Å². The lowest BCUT2D eigenvalue weighted by molar-refractivity contribution is 0.327. The fourth-order valence-corrected chi connectivity index (χ4v) is 3.43. The van der Waals surface area contributed by atoms with Crippen molar-refractivity contribution in [1.82, 2.24) is 5.32 Å². The summed E-state index contributed by atoms with van der Waals surface area (Å²) in [5.74, 6) is 0.783. The zero-order valence-corrected chi connectivity index (χ0v) is 9.91. The first-order valence-corrected chi connectivity index (χ1v) is 6.76. The Labute approximate surface area is 98.3 Å². The Morgan fingerprint density at radius 3 is 2.81 bits per heavy atom. The number of aryl methyl sites for hydroxylation is 1. The van der Waals surface area contributed by atoms with Gasteiger partial charge >= 0.3 is 0 Å². The molecular formula is C15H21N. The molecule has 1 fully saturated rings. The predicted octanol–water partition coefficient (Wildman–Crippen LogP) is 3.25. The lowest BCUT2D eigenvalue weighted by atomic mass is 9.76. The summed E-state index contributed by atoms with van der Waals surface area (Å²) in [4.78, 5) is 0. The third kappa shape index (κ3) is 1.89. The molecule has 1 aliphatic heterocycles. The Morgan fingerprint density at radius 2 is 1.94 bits per heavy atom. The van der Waals surface area contributed by atoms with E-state index in [2.05, 4.69) is 29.6 Å². The van der Waals surface area contributed by atoms with E-state index in [1.165, 1.54) is 45.1 Å². The van der Waals surface area contributed by atoms with Gasteiger partial charge in [-0.15, -0.1) is 0 Å². The summed E-state index contributed by atoms with van der Waals surface area (Å²) in [5, 5.41) is 3.73. The average molecular weight is 215 g/mol. The van der Waals surface area contributed by atoms with Crippen LogP contribution in [0.1, 0.15) is 49.1 Å². The standard InChI is InChI=1S/C15H21N/c1-2-8-13-12(6-1)7-5-9-14(13)15-10-3-4-11-16-15/h1-2,6,8,14-16H,3-5,7,9-11H2/t14-,15+/m1/s1. The first kappa shape index (κ1) is 10.3. The molecule has 86 valence electrons. The third-order valence-corrected chi connectivity index (χ3v) is 4.25. The normalized spacial score (nSPS) is 29.8. The van der Waals surface area contributed by atoms with Crippen molar-refractivity contribution in [3.8, 4) is 0 Å². The van der Waals surface area contributed by atoms with Gasteiger partial charge < -0.3 is 5.32 Å². The van der Waals surface area contributed by atoms with E-state index in [9.17, 15) is 0 Å². The number of hydrogen-bond donors (Lipinski definition) is 1. The molecule has 0 amide bonds. The molecule has 1 aromatic carbocycles. The lowest BCUT2D eigenvalue weighted by Crippen LogP contribution is -2.39. The second-order valence-electron chi connectivity index (χ2n) is 5.25. The molecule has 1 heterocycles. The number of hydrogen-bond acceptors (Lipinski definition) is 1. The number of nitrogens with one attached hydrogen (secondary N) is 1. The van der Waals surface area contributed by atoms with Gasteiger partial charge in [0.1, 0.15) is 0 Å². The quantitative estimate of drug-likeness (QED) is 0.758. The average Bonchev–Trinajstić information content (AvgIpc) is 2.39. The van der Waals surface area contributed by atoms with Gasteiger partial charge in [0.05, 0.1) is 0 Å². The summed E-state index contributed by atoms with van der Waals surface area (Å²) in [6.07, 6.45) is 8.20. The molecule has 2 atom stereocenters. The molecule has 1 heteroatoms. The van der Waals surface area contributed by atoms with Crippen LogP contribution in [0.25, 0.3) is 0 Å². The van der Waals surface area contributed by atoms with Crippen LogP contribution in [0.5, 0.6) is 0 Å². The minimum Gasteiger partial charge on any atom is -0.313 e. The molecule has 0 aromatic heterocycles. The maximum Gasteiger partial charge on any atom is 0.0136 e. The monoisotopic (exact) mass is 215 g/mol. The zero-order chi connectivity index (χ0) is 10.8. The highest BCUT2D eigenvalue weighted by atomic mass is 14.9. The van der Waals surface area contributed by atoms with Gasteiger partial charge in [0, 0.05) is 6.04 Å². The van der Waals surface area contributed by atoms with E-state index < -0.39 is 0 Å². The van der Waals surface area contributed by atoms with E-state index in [4.69, 9.17) is 0 Å². The second-order valence-corrected chi connectivity index (χ2v) is 5.25. The predicted molar refractivity (Wildman–Crippen MR) is 67.8 cm³/mol. The minimum absolute atomic E-state index is 0.746. The van der Waals surface area contributed by atoms with Gasteiger partial charge in [-0.1, -0.05) is 30.7 Å². The van der Waals surface area contributed by atoms with Gasteiger partial charge in [0.2, 0.25) is 0 Å². The van der Waals surface area contributed by atoms with Gasteiger partial charge in [-0.05, 0) is 55.7 Å². The van der Waals surface area contributed by atoms with Gasteiger partial charge in [-0.2, -0.15) is 0 Å². The van der Waals surface area contributed by atoms with Crippen molar-refractivity contribution < 1.29 is 0 Å². The molecule has 0 spiro atoms. The molecule has 1 saturated heterocycles. The molecule has 1 nitrogen and oxygen atoms in total. The first-order chi connectivity index (χ1) is 7.95. The molecule has 0 unspecified atom stereocenters. The van der Waals surface area contributed by atoms with Crippen molar-refractivity contribution in [2.75, 3.05) is 6.54 Å². The van der Waals surface area contributed by atoms with Crippen LogP contribution < -0.4 is 5.32 Å². The Balaban J connectivity index is 1.86. The second kappa shape index (κ2) is 4.58. The van der Waals surface area contributed by atoms with Crippen molar-refractivity contribution in [3.05, 3.63) is 35.4 Å². The fraction of sp³-hybridized carbons (Fsp3) is 0.600. The molecule has 3 rings (SSSR count). The minimum atomic E-state index is 0.746. The summed E-state index contributed by atoms with van der Waals surface area (Å²) in [7, 11) is 0. The van der Waals surface area contributed by atoms with Crippen LogP contribution in [-0.4, -0.2) is 12.6 Å². The molecule has 1 aromatic rings. The van der Waals surface area contributed by atoms with E-state index in [-0.39, 0.29) is 0 Å². The van der Waals surface area contributed by atoms with Crippen molar-refractivity contribution >= 4 is 0 Å². The summed E-state index contributed by atoms with van der Waals surface area (Å²) in [6, 6.07) is 9.82. The largest absolute Gasteiger partial charge is 0.313 e. The number of rotatable bonds is 1.